The number of hydrogen-bond acceptors (Lipinski definition) is 3. The van der Waals surface area contributed by atoms with Crippen LogP contribution in [0.25, 0.3) is 0 Å². The Morgan fingerprint density at radius 3 is 2.05 bits per heavy atom. The fraction of sp³-hybridized carbons (Fsp3) is 1.00. The highest BCUT2D eigenvalue weighted by Gasteiger charge is 2.37. The summed E-state index contributed by atoms with van der Waals surface area (Å²) in [5.74, 6) is 0. The molecule has 1 aliphatic rings. The third-order valence-corrected chi connectivity index (χ3v) is 4.25. The van der Waals surface area contributed by atoms with Gasteiger partial charge in [0.25, 0.3) is 0 Å². The zero-order chi connectivity index (χ0) is 15.6. The number of ether oxygens (including phenoxy) is 2. The molecule has 0 aromatic carbocycles. The van der Waals surface area contributed by atoms with Gasteiger partial charge in [0, 0.05) is 25.7 Å². The molecule has 1 rings (SSSR count). The van der Waals surface area contributed by atoms with E-state index in [9.17, 15) is 0 Å². The summed E-state index contributed by atoms with van der Waals surface area (Å²) in [5.41, 5.74) is -0.0471. The third kappa shape index (κ3) is 5.71. The van der Waals surface area contributed by atoms with Crippen molar-refractivity contribution in [2.45, 2.75) is 97.1 Å². The zero-order valence-electron chi connectivity index (χ0n) is 14.8. The highest BCUT2D eigenvalue weighted by atomic mass is 16.5. The normalized spacial score (nSPS) is 24.3. The summed E-state index contributed by atoms with van der Waals surface area (Å²) in [6, 6.07) is 1.26. The van der Waals surface area contributed by atoms with E-state index in [1.807, 2.05) is 0 Å². The standard InChI is InChI=1S/C17H35NO2/c1-13(2)18(10-9-17(6,7)19-8)14-11-15(12-14)20-16(3,4)5/h13-15H,9-12H2,1-8H3. The van der Waals surface area contributed by atoms with Crippen LogP contribution in [-0.4, -0.2) is 47.9 Å². The molecular formula is C17H35NO2. The summed E-state index contributed by atoms with van der Waals surface area (Å²) in [6.45, 7) is 16.4. The quantitative estimate of drug-likeness (QED) is 0.709. The minimum Gasteiger partial charge on any atom is -0.379 e. The van der Waals surface area contributed by atoms with E-state index in [1.54, 1.807) is 7.11 Å². The van der Waals surface area contributed by atoms with Gasteiger partial charge in [-0.25, -0.2) is 0 Å². The van der Waals surface area contributed by atoms with Crippen LogP contribution in [0.3, 0.4) is 0 Å². The molecule has 0 aromatic heterocycles. The first-order chi connectivity index (χ1) is 9.04. The van der Waals surface area contributed by atoms with Crippen LogP contribution < -0.4 is 0 Å². The number of nitrogens with zero attached hydrogens (tertiary/aromatic N) is 1. The Hall–Kier alpha value is -0.120. The van der Waals surface area contributed by atoms with E-state index in [-0.39, 0.29) is 11.2 Å². The lowest BCUT2D eigenvalue weighted by molar-refractivity contribution is -0.125. The minimum absolute atomic E-state index is 0.0175. The van der Waals surface area contributed by atoms with Crippen LogP contribution in [0.2, 0.25) is 0 Å². The molecule has 20 heavy (non-hydrogen) atoms. The lowest BCUT2D eigenvalue weighted by atomic mass is 9.86. The van der Waals surface area contributed by atoms with Gasteiger partial charge in [0.15, 0.2) is 0 Å². The average Bonchev–Trinajstić information content (AvgIpc) is 2.23. The van der Waals surface area contributed by atoms with E-state index in [1.165, 1.54) is 12.8 Å². The molecule has 3 nitrogen and oxygen atoms in total. The van der Waals surface area contributed by atoms with Crippen LogP contribution in [0.15, 0.2) is 0 Å². The third-order valence-electron chi connectivity index (χ3n) is 4.25. The van der Waals surface area contributed by atoms with Crippen LogP contribution in [-0.2, 0) is 9.47 Å². The van der Waals surface area contributed by atoms with Crippen molar-refractivity contribution in [3.05, 3.63) is 0 Å². The predicted molar refractivity (Wildman–Crippen MR) is 85.2 cm³/mol. The lowest BCUT2D eigenvalue weighted by Gasteiger charge is -2.47. The minimum atomic E-state index is -0.0296. The van der Waals surface area contributed by atoms with Gasteiger partial charge in [-0.15, -0.1) is 0 Å². The Kier molecular flexibility index (Phi) is 6.06. The monoisotopic (exact) mass is 285 g/mol. The van der Waals surface area contributed by atoms with E-state index in [0.29, 0.717) is 18.2 Å². The Morgan fingerprint density at radius 1 is 1.10 bits per heavy atom. The smallest absolute Gasteiger partial charge is 0.0634 e. The Bertz CT molecular complexity index is 288. The molecule has 1 aliphatic carbocycles. The molecule has 0 aliphatic heterocycles. The molecule has 0 atom stereocenters. The highest BCUT2D eigenvalue weighted by molar-refractivity contribution is 4.91. The topological polar surface area (TPSA) is 21.7 Å². The number of hydrogen-bond donors (Lipinski definition) is 0. The first kappa shape index (κ1) is 17.9. The molecule has 0 aromatic rings. The van der Waals surface area contributed by atoms with Gasteiger partial charge >= 0.3 is 0 Å². The van der Waals surface area contributed by atoms with E-state index in [2.05, 4.69) is 53.4 Å². The van der Waals surface area contributed by atoms with Crippen molar-refractivity contribution < 1.29 is 9.47 Å². The van der Waals surface area contributed by atoms with Crippen molar-refractivity contribution in [2.75, 3.05) is 13.7 Å². The summed E-state index contributed by atoms with van der Waals surface area (Å²) in [5, 5.41) is 0. The molecule has 0 heterocycles. The van der Waals surface area contributed by atoms with E-state index >= 15 is 0 Å². The summed E-state index contributed by atoms with van der Waals surface area (Å²) >= 11 is 0. The molecule has 0 amide bonds. The second-order valence-corrected chi connectivity index (χ2v) is 8.02. The van der Waals surface area contributed by atoms with Crippen molar-refractivity contribution >= 4 is 0 Å². The second-order valence-electron chi connectivity index (χ2n) is 8.02. The van der Waals surface area contributed by atoms with Crippen molar-refractivity contribution in [3.8, 4) is 0 Å². The number of rotatable bonds is 7. The van der Waals surface area contributed by atoms with Gasteiger partial charge in [0.1, 0.15) is 0 Å². The first-order valence-electron chi connectivity index (χ1n) is 8.03. The largest absolute Gasteiger partial charge is 0.379 e. The molecule has 0 bridgehead atoms. The van der Waals surface area contributed by atoms with Crippen LogP contribution in [0.1, 0.15) is 67.7 Å². The summed E-state index contributed by atoms with van der Waals surface area (Å²) in [7, 11) is 1.80. The predicted octanol–water partition coefficient (Wildman–Crippen LogP) is 3.86. The fourth-order valence-corrected chi connectivity index (χ4v) is 2.77. The first-order valence-corrected chi connectivity index (χ1v) is 8.03. The summed E-state index contributed by atoms with van der Waals surface area (Å²) in [6.07, 6.45) is 3.85. The van der Waals surface area contributed by atoms with Crippen LogP contribution in [0.5, 0.6) is 0 Å². The molecule has 0 saturated heterocycles. The Morgan fingerprint density at radius 2 is 1.65 bits per heavy atom. The van der Waals surface area contributed by atoms with Gasteiger partial charge in [-0.3, -0.25) is 4.90 Å². The molecular weight excluding hydrogens is 250 g/mol. The number of methoxy groups -OCH3 is 1. The van der Waals surface area contributed by atoms with Gasteiger partial charge in [0.05, 0.1) is 17.3 Å². The molecule has 1 fully saturated rings. The van der Waals surface area contributed by atoms with Crippen molar-refractivity contribution in [3.63, 3.8) is 0 Å². The molecule has 0 spiro atoms. The summed E-state index contributed by atoms with van der Waals surface area (Å²) in [4.78, 5) is 2.61. The second kappa shape index (κ2) is 6.76. The van der Waals surface area contributed by atoms with Crippen LogP contribution in [0.4, 0.5) is 0 Å². The Balaban J connectivity index is 2.42. The molecule has 0 N–H and O–H groups in total. The molecule has 120 valence electrons. The van der Waals surface area contributed by atoms with Crippen molar-refractivity contribution in [1.82, 2.24) is 4.90 Å². The maximum atomic E-state index is 6.05. The van der Waals surface area contributed by atoms with Gasteiger partial charge < -0.3 is 9.47 Å². The highest BCUT2D eigenvalue weighted by Crippen LogP contribution is 2.33. The van der Waals surface area contributed by atoms with Crippen LogP contribution >= 0.6 is 0 Å². The van der Waals surface area contributed by atoms with Crippen LogP contribution in [0, 0.1) is 0 Å². The summed E-state index contributed by atoms with van der Waals surface area (Å²) < 4.78 is 11.6. The van der Waals surface area contributed by atoms with Gasteiger partial charge in [-0.05, 0) is 67.7 Å². The van der Waals surface area contributed by atoms with Crippen molar-refractivity contribution in [2.24, 2.45) is 0 Å². The molecule has 3 heteroatoms. The van der Waals surface area contributed by atoms with Gasteiger partial charge in [-0.2, -0.15) is 0 Å². The molecule has 0 unspecified atom stereocenters. The average molecular weight is 285 g/mol. The van der Waals surface area contributed by atoms with E-state index < -0.39 is 0 Å². The van der Waals surface area contributed by atoms with Crippen molar-refractivity contribution in [1.29, 1.82) is 0 Å². The maximum absolute atomic E-state index is 6.05. The fourth-order valence-electron chi connectivity index (χ4n) is 2.77. The Labute approximate surface area is 126 Å². The maximum Gasteiger partial charge on any atom is 0.0634 e. The van der Waals surface area contributed by atoms with E-state index in [4.69, 9.17) is 9.47 Å². The zero-order valence-corrected chi connectivity index (χ0v) is 14.8. The van der Waals surface area contributed by atoms with Gasteiger partial charge in [-0.1, -0.05) is 0 Å². The molecule has 1 saturated carbocycles. The SMILES string of the molecule is COC(C)(C)CCN(C(C)C)C1CC(OC(C)(C)C)C1. The van der Waals surface area contributed by atoms with E-state index in [0.717, 1.165) is 13.0 Å². The lowest BCUT2D eigenvalue weighted by Crippen LogP contribution is -2.53. The van der Waals surface area contributed by atoms with Gasteiger partial charge in [0.2, 0.25) is 0 Å². The molecule has 0 radical (unpaired) electrons.